The van der Waals surface area contributed by atoms with E-state index in [1.807, 2.05) is 0 Å². The average molecular weight is 290 g/mol. The second-order valence-electron chi connectivity index (χ2n) is 3.81. The fourth-order valence-electron chi connectivity index (χ4n) is 1.04. The predicted molar refractivity (Wildman–Crippen MR) is 69.8 cm³/mol. The molecule has 0 rings (SSSR count). The van der Waals surface area contributed by atoms with Gasteiger partial charge in [0.1, 0.15) is 37.6 Å². The molecule has 0 aromatic heterocycles. The molecule has 0 aliphatic rings. The highest BCUT2D eigenvalue weighted by atomic mass is 32.2. The molecule has 7 heteroatoms. The summed E-state index contributed by atoms with van der Waals surface area (Å²) in [7, 11) is 0. The van der Waals surface area contributed by atoms with Gasteiger partial charge >= 0.3 is 11.9 Å². The lowest BCUT2D eigenvalue weighted by Crippen LogP contribution is -2.12. The standard InChI is InChI=1S/C12H18O6S/c1-9(13)7-11(15)17-3-5-19-6-4-18-12(16)8-10(2)14/h3-8H2,1-2H3. The van der Waals surface area contributed by atoms with Gasteiger partial charge in [0.05, 0.1) is 0 Å². The van der Waals surface area contributed by atoms with Gasteiger partial charge in [0.2, 0.25) is 0 Å². The summed E-state index contributed by atoms with van der Waals surface area (Å²) in [6.45, 7) is 3.09. The van der Waals surface area contributed by atoms with Gasteiger partial charge in [-0.3, -0.25) is 19.2 Å². The van der Waals surface area contributed by atoms with Crippen LogP contribution in [0, 0.1) is 0 Å². The molecular weight excluding hydrogens is 272 g/mol. The number of rotatable bonds is 10. The van der Waals surface area contributed by atoms with E-state index in [1.54, 1.807) is 0 Å². The number of ketones is 2. The van der Waals surface area contributed by atoms with E-state index < -0.39 is 11.9 Å². The fraction of sp³-hybridized carbons (Fsp3) is 0.667. The highest BCUT2D eigenvalue weighted by Crippen LogP contribution is 2.01. The van der Waals surface area contributed by atoms with Gasteiger partial charge in [0, 0.05) is 11.5 Å². The minimum absolute atomic E-state index is 0.201. The Kier molecular flexibility index (Phi) is 9.78. The number of carbonyl (C=O) groups is 4. The SMILES string of the molecule is CC(=O)CC(=O)OCCSCCOC(=O)CC(C)=O. The summed E-state index contributed by atoms with van der Waals surface area (Å²) in [6, 6.07) is 0. The lowest BCUT2D eigenvalue weighted by atomic mass is 10.3. The summed E-state index contributed by atoms with van der Waals surface area (Å²) in [5.74, 6) is -0.381. The highest BCUT2D eigenvalue weighted by Gasteiger charge is 2.07. The van der Waals surface area contributed by atoms with Crippen LogP contribution in [0.5, 0.6) is 0 Å². The first-order valence-electron chi connectivity index (χ1n) is 5.79. The Morgan fingerprint density at radius 3 is 1.47 bits per heavy atom. The van der Waals surface area contributed by atoms with Gasteiger partial charge in [-0.2, -0.15) is 11.8 Å². The second-order valence-corrected chi connectivity index (χ2v) is 5.04. The summed E-state index contributed by atoms with van der Waals surface area (Å²) in [5.41, 5.74) is 0. The van der Waals surface area contributed by atoms with Crippen molar-refractivity contribution in [3.63, 3.8) is 0 Å². The van der Waals surface area contributed by atoms with Gasteiger partial charge in [0.25, 0.3) is 0 Å². The zero-order chi connectivity index (χ0) is 14.7. The Morgan fingerprint density at radius 2 is 1.16 bits per heavy atom. The molecule has 0 radical (unpaired) electrons. The minimum atomic E-state index is -0.527. The number of hydrogen-bond acceptors (Lipinski definition) is 7. The van der Waals surface area contributed by atoms with Crippen molar-refractivity contribution in [3.05, 3.63) is 0 Å². The quantitative estimate of drug-likeness (QED) is 0.333. The van der Waals surface area contributed by atoms with Crippen LogP contribution in [0.2, 0.25) is 0 Å². The average Bonchev–Trinajstić information content (AvgIpc) is 2.25. The van der Waals surface area contributed by atoms with Crippen LogP contribution in [0.3, 0.4) is 0 Å². The van der Waals surface area contributed by atoms with Gasteiger partial charge < -0.3 is 9.47 Å². The molecule has 0 bridgehead atoms. The number of esters is 2. The third kappa shape index (κ3) is 12.9. The van der Waals surface area contributed by atoms with Crippen LogP contribution >= 0.6 is 11.8 Å². The van der Waals surface area contributed by atoms with Crippen molar-refractivity contribution in [2.24, 2.45) is 0 Å². The first-order valence-corrected chi connectivity index (χ1v) is 6.95. The topological polar surface area (TPSA) is 86.7 Å². The van der Waals surface area contributed by atoms with Crippen molar-refractivity contribution in [1.29, 1.82) is 0 Å². The van der Waals surface area contributed by atoms with Crippen LogP contribution in [0.25, 0.3) is 0 Å². The van der Waals surface area contributed by atoms with Crippen molar-refractivity contribution in [1.82, 2.24) is 0 Å². The van der Waals surface area contributed by atoms with Crippen molar-refractivity contribution >= 4 is 35.3 Å². The molecule has 0 aliphatic carbocycles. The maximum atomic E-state index is 11.0. The van der Waals surface area contributed by atoms with Gasteiger partial charge in [-0.15, -0.1) is 0 Å². The van der Waals surface area contributed by atoms with Crippen LogP contribution < -0.4 is 0 Å². The Hall–Kier alpha value is -1.37. The van der Waals surface area contributed by atoms with E-state index in [1.165, 1.54) is 25.6 Å². The van der Waals surface area contributed by atoms with Crippen LogP contribution in [0.1, 0.15) is 26.7 Å². The molecule has 0 spiro atoms. The Morgan fingerprint density at radius 1 is 0.789 bits per heavy atom. The Bertz CT molecular complexity index is 307. The molecule has 0 amide bonds. The summed E-state index contributed by atoms with van der Waals surface area (Å²) in [4.78, 5) is 43.1. The first-order chi connectivity index (χ1) is 8.91. The normalized spacial score (nSPS) is 9.79. The zero-order valence-corrected chi connectivity index (χ0v) is 11.9. The van der Waals surface area contributed by atoms with E-state index in [0.717, 1.165) is 0 Å². The smallest absolute Gasteiger partial charge is 0.313 e. The minimum Gasteiger partial charge on any atom is -0.464 e. The lowest BCUT2D eigenvalue weighted by molar-refractivity contribution is -0.146. The molecule has 108 valence electrons. The Labute approximate surface area is 116 Å². The van der Waals surface area contributed by atoms with Gasteiger partial charge in [-0.1, -0.05) is 0 Å². The molecule has 0 fully saturated rings. The fourth-order valence-corrected chi connectivity index (χ4v) is 1.65. The molecule has 0 N–H and O–H groups in total. The maximum Gasteiger partial charge on any atom is 0.313 e. The molecule has 0 aromatic rings. The molecule has 0 saturated carbocycles. The zero-order valence-electron chi connectivity index (χ0n) is 11.1. The molecule has 0 atom stereocenters. The van der Waals surface area contributed by atoms with E-state index >= 15 is 0 Å². The predicted octanol–water partition coefficient (Wildman–Crippen LogP) is 0.764. The van der Waals surface area contributed by atoms with Crippen molar-refractivity contribution < 1.29 is 28.7 Å². The van der Waals surface area contributed by atoms with Gasteiger partial charge in [0.15, 0.2) is 0 Å². The number of Topliss-reactive ketones (excluding diaryl/α,β-unsaturated/α-hetero) is 2. The van der Waals surface area contributed by atoms with E-state index in [4.69, 9.17) is 9.47 Å². The summed E-state index contributed by atoms with van der Waals surface area (Å²) < 4.78 is 9.60. The number of hydrogen-bond donors (Lipinski definition) is 0. The number of carbonyl (C=O) groups excluding carboxylic acids is 4. The lowest BCUT2D eigenvalue weighted by Gasteiger charge is -2.04. The van der Waals surface area contributed by atoms with E-state index in [-0.39, 0.29) is 37.6 Å². The molecule has 0 heterocycles. The highest BCUT2D eigenvalue weighted by molar-refractivity contribution is 7.99. The van der Waals surface area contributed by atoms with Crippen molar-refractivity contribution in [2.75, 3.05) is 24.7 Å². The molecule has 0 aromatic carbocycles. The summed E-state index contributed by atoms with van der Waals surface area (Å²) in [5, 5.41) is 0. The van der Waals surface area contributed by atoms with Gasteiger partial charge in [-0.05, 0) is 13.8 Å². The van der Waals surface area contributed by atoms with E-state index in [2.05, 4.69) is 0 Å². The molecule has 19 heavy (non-hydrogen) atoms. The number of thioether (sulfide) groups is 1. The maximum absolute atomic E-state index is 11.0. The largest absolute Gasteiger partial charge is 0.464 e. The van der Waals surface area contributed by atoms with Crippen LogP contribution in [0.15, 0.2) is 0 Å². The second kappa shape index (κ2) is 10.5. The third-order valence-corrected chi connectivity index (χ3v) is 2.68. The van der Waals surface area contributed by atoms with Crippen molar-refractivity contribution in [3.8, 4) is 0 Å². The van der Waals surface area contributed by atoms with Crippen LogP contribution in [-0.4, -0.2) is 48.2 Å². The monoisotopic (exact) mass is 290 g/mol. The molecule has 6 nitrogen and oxygen atoms in total. The molecule has 0 unspecified atom stereocenters. The Balaban J connectivity index is 3.36. The van der Waals surface area contributed by atoms with Crippen LogP contribution in [-0.2, 0) is 28.7 Å². The van der Waals surface area contributed by atoms with E-state index in [9.17, 15) is 19.2 Å². The summed E-state index contributed by atoms with van der Waals surface area (Å²) in [6.07, 6.45) is -0.402. The number of ether oxygens (including phenoxy) is 2. The van der Waals surface area contributed by atoms with Crippen LogP contribution in [0.4, 0.5) is 0 Å². The molecule has 0 aliphatic heterocycles. The summed E-state index contributed by atoms with van der Waals surface area (Å²) >= 11 is 1.45. The van der Waals surface area contributed by atoms with Crippen molar-refractivity contribution in [2.45, 2.75) is 26.7 Å². The molecule has 0 saturated heterocycles. The van der Waals surface area contributed by atoms with E-state index in [0.29, 0.717) is 11.5 Å². The third-order valence-electron chi connectivity index (χ3n) is 1.77. The molecular formula is C12H18O6S. The first kappa shape index (κ1) is 17.6. The van der Waals surface area contributed by atoms with Gasteiger partial charge in [-0.25, -0.2) is 0 Å².